The monoisotopic (exact) mass is 580 g/mol. The van der Waals surface area contributed by atoms with Crippen LogP contribution < -0.4 is 26.6 Å². The van der Waals surface area contributed by atoms with Gasteiger partial charge in [-0.2, -0.15) is 9.97 Å². The number of rotatable bonds is 13. The number of hydrogen-bond donors (Lipinski definition) is 5. The van der Waals surface area contributed by atoms with Crippen LogP contribution in [0.5, 0.6) is 5.75 Å². The Hall–Kier alpha value is -4.81. The van der Waals surface area contributed by atoms with Crippen LogP contribution in [0.1, 0.15) is 23.0 Å². The van der Waals surface area contributed by atoms with E-state index in [0.29, 0.717) is 35.4 Å². The molecule has 2 unspecified atom stereocenters. The number of aliphatic carboxylic acids is 1. The number of fused-ring (bicyclic) bond motifs is 1. The summed E-state index contributed by atoms with van der Waals surface area (Å²) in [5.41, 5.74) is 14.0. The zero-order valence-corrected chi connectivity index (χ0v) is 23.0. The summed E-state index contributed by atoms with van der Waals surface area (Å²) in [6.45, 7) is 1.73. The minimum absolute atomic E-state index is 0.0345. The van der Waals surface area contributed by atoms with E-state index >= 15 is 0 Å². The van der Waals surface area contributed by atoms with Gasteiger partial charge in [0.2, 0.25) is 5.95 Å². The molecule has 214 valence electrons. The molecular weight excluding hydrogens is 551 g/mol. The van der Waals surface area contributed by atoms with Gasteiger partial charge in [-0.3, -0.25) is 9.32 Å². The van der Waals surface area contributed by atoms with Gasteiger partial charge < -0.3 is 31.7 Å². The van der Waals surface area contributed by atoms with E-state index in [4.69, 9.17) is 25.6 Å². The quantitative estimate of drug-likeness (QED) is 0.144. The molecule has 0 aliphatic heterocycles. The predicted molar refractivity (Wildman–Crippen MR) is 153 cm³/mol. The van der Waals surface area contributed by atoms with Crippen molar-refractivity contribution in [3.63, 3.8) is 0 Å². The molecule has 0 bridgehead atoms. The topological polar surface area (TPSA) is 218 Å². The summed E-state index contributed by atoms with van der Waals surface area (Å²) < 4.78 is 24.0. The van der Waals surface area contributed by atoms with Gasteiger partial charge in [0.1, 0.15) is 5.75 Å². The number of nitrogens with two attached hydrogens (primary N) is 2. The minimum atomic E-state index is -3.90. The lowest BCUT2D eigenvalue weighted by Gasteiger charge is -2.21. The molecule has 7 N–H and O–H groups in total. The number of carboxylic acid groups (broad SMARTS) is 1. The number of carbonyl (C=O) groups is 2. The standard InChI is InChI=1S/C26H29N8O6P/c1-16(25(36)37)39-41(38,40-20-5-3-2-4-6-20)14-13-30-24(35)17-7-9-18(10-8-17)29-12-11-19-15-31-23-21(32-19)22(27)33-26(28)34-23/h2-10,15-16,29H,11-14H2,1H3,(H,30,35)(H,36,37)(H4,27,28,31,33,34). The average molecular weight is 581 g/mol. The molecule has 2 aromatic heterocycles. The fraction of sp³-hybridized carbons (Fsp3) is 0.231. The third-order valence-electron chi connectivity index (χ3n) is 5.68. The highest BCUT2D eigenvalue weighted by Gasteiger charge is 2.31. The van der Waals surface area contributed by atoms with Gasteiger partial charge in [0.15, 0.2) is 23.1 Å². The van der Waals surface area contributed by atoms with Crippen molar-refractivity contribution < 1.29 is 28.3 Å². The van der Waals surface area contributed by atoms with Crippen LogP contribution >= 0.6 is 7.60 Å². The largest absolute Gasteiger partial charge is 0.479 e. The summed E-state index contributed by atoms with van der Waals surface area (Å²) in [7, 11) is -3.90. The summed E-state index contributed by atoms with van der Waals surface area (Å²) in [6.07, 6.45) is 0.553. The smallest absolute Gasteiger partial charge is 0.381 e. The van der Waals surface area contributed by atoms with E-state index < -0.39 is 25.6 Å². The Morgan fingerprint density at radius 3 is 2.46 bits per heavy atom. The van der Waals surface area contributed by atoms with Crippen molar-refractivity contribution in [3.05, 3.63) is 72.1 Å². The molecule has 2 aromatic carbocycles. The fourth-order valence-corrected chi connectivity index (χ4v) is 5.27. The van der Waals surface area contributed by atoms with Crippen molar-refractivity contribution in [1.29, 1.82) is 0 Å². The van der Waals surface area contributed by atoms with Crippen LogP contribution in [0.2, 0.25) is 0 Å². The van der Waals surface area contributed by atoms with E-state index in [-0.39, 0.29) is 30.2 Å². The first-order chi connectivity index (χ1) is 19.6. The summed E-state index contributed by atoms with van der Waals surface area (Å²) >= 11 is 0. The number of carbonyl (C=O) groups excluding carboxylic acids is 1. The van der Waals surface area contributed by atoms with Crippen molar-refractivity contribution in [3.8, 4) is 5.75 Å². The van der Waals surface area contributed by atoms with Crippen LogP contribution in [0, 0.1) is 0 Å². The molecule has 41 heavy (non-hydrogen) atoms. The lowest BCUT2D eigenvalue weighted by molar-refractivity contribution is -0.144. The van der Waals surface area contributed by atoms with E-state index in [2.05, 4.69) is 30.6 Å². The molecule has 4 aromatic rings. The highest BCUT2D eigenvalue weighted by atomic mass is 31.2. The molecule has 0 aliphatic carbocycles. The van der Waals surface area contributed by atoms with E-state index in [1.54, 1.807) is 60.8 Å². The fourth-order valence-electron chi connectivity index (χ4n) is 3.63. The summed E-state index contributed by atoms with van der Waals surface area (Å²) in [5.74, 6) is -1.22. The zero-order chi connectivity index (χ0) is 29.4. The maximum absolute atomic E-state index is 13.3. The Morgan fingerprint density at radius 1 is 1.02 bits per heavy atom. The maximum Gasteiger partial charge on any atom is 0.381 e. The van der Waals surface area contributed by atoms with E-state index in [0.717, 1.165) is 5.69 Å². The van der Waals surface area contributed by atoms with Gasteiger partial charge in [-0.25, -0.2) is 19.3 Å². The van der Waals surface area contributed by atoms with Gasteiger partial charge in [-0.1, -0.05) is 18.2 Å². The van der Waals surface area contributed by atoms with Gasteiger partial charge in [-0.05, 0) is 43.3 Å². The van der Waals surface area contributed by atoms with Gasteiger partial charge in [0, 0.05) is 30.8 Å². The maximum atomic E-state index is 13.3. The summed E-state index contributed by atoms with van der Waals surface area (Å²) in [6, 6.07) is 15.0. The molecule has 0 saturated carbocycles. The number of para-hydroxylation sites is 1. The third-order valence-corrected chi connectivity index (χ3v) is 7.58. The SMILES string of the molecule is CC(OP(=O)(CCNC(=O)c1ccc(NCCc2cnc3nc(N)nc(N)c3n2)cc1)Oc1ccccc1)C(=O)O. The highest BCUT2D eigenvalue weighted by Crippen LogP contribution is 2.49. The molecule has 4 rings (SSSR count). The van der Waals surface area contributed by atoms with Gasteiger partial charge in [-0.15, -0.1) is 0 Å². The lowest BCUT2D eigenvalue weighted by atomic mass is 10.2. The zero-order valence-electron chi connectivity index (χ0n) is 22.1. The van der Waals surface area contributed by atoms with Crippen molar-refractivity contribution in [1.82, 2.24) is 25.3 Å². The van der Waals surface area contributed by atoms with E-state index in [1.807, 2.05) is 0 Å². The molecular formula is C26H29N8O6P. The molecule has 2 heterocycles. The molecule has 0 spiro atoms. The number of hydrogen-bond acceptors (Lipinski definition) is 12. The summed E-state index contributed by atoms with van der Waals surface area (Å²) in [5, 5.41) is 15.1. The summed E-state index contributed by atoms with van der Waals surface area (Å²) in [4.78, 5) is 40.5. The second kappa shape index (κ2) is 13.0. The number of amides is 1. The van der Waals surface area contributed by atoms with Gasteiger partial charge in [0.05, 0.1) is 18.1 Å². The third kappa shape index (κ3) is 8.10. The number of benzene rings is 2. The minimum Gasteiger partial charge on any atom is -0.479 e. The first-order valence-electron chi connectivity index (χ1n) is 12.5. The first-order valence-corrected chi connectivity index (χ1v) is 14.3. The normalized spacial score (nSPS) is 13.2. The molecule has 0 fully saturated rings. The number of nitrogens with one attached hydrogen (secondary N) is 2. The van der Waals surface area contributed by atoms with Crippen LogP contribution in [0.3, 0.4) is 0 Å². The first kappa shape index (κ1) is 29.2. The number of anilines is 3. The van der Waals surface area contributed by atoms with Gasteiger partial charge in [0.25, 0.3) is 5.91 Å². The Bertz CT molecular complexity index is 1570. The Morgan fingerprint density at radius 2 is 1.76 bits per heavy atom. The van der Waals surface area contributed by atoms with Crippen molar-refractivity contribution in [2.75, 3.05) is 36.0 Å². The lowest BCUT2D eigenvalue weighted by Crippen LogP contribution is -2.28. The Balaban J connectivity index is 1.28. The van der Waals surface area contributed by atoms with Crippen LogP contribution in [-0.2, 0) is 20.3 Å². The molecule has 1 amide bonds. The van der Waals surface area contributed by atoms with Crippen LogP contribution in [0.4, 0.5) is 17.5 Å². The van der Waals surface area contributed by atoms with E-state index in [1.165, 1.54) is 6.92 Å². The molecule has 0 saturated heterocycles. The second-order valence-corrected chi connectivity index (χ2v) is 10.9. The molecule has 0 aliphatic rings. The average Bonchev–Trinajstić information content (AvgIpc) is 2.94. The van der Waals surface area contributed by atoms with Crippen molar-refractivity contribution >= 4 is 48.1 Å². The number of aromatic nitrogens is 4. The Kier molecular flexibility index (Phi) is 9.27. The van der Waals surface area contributed by atoms with E-state index in [9.17, 15) is 14.2 Å². The molecule has 15 heteroatoms. The number of nitrogens with zero attached hydrogens (tertiary/aromatic N) is 4. The molecule has 14 nitrogen and oxygen atoms in total. The van der Waals surface area contributed by atoms with Crippen molar-refractivity contribution in [2.45, 2.75) is 19.4 Å². The Labute approximate surface area is 235 Å². The number of nitrogen functional groups attached to an aromatic ring is 2. The van der Waals surface area contributed by atoms with Gasteiger partial charge >= 0.3 is 13.6 Å². The molecule has 0 radical (unpaired) electrons. The van der Waals surface area contributed by atoms with Crippen LogP contribution in [0.15, 0.2) is 60.8 Å². The predicted octanol–water partition coefficient (Wildman–Crippen LogP) is 2.73. The highest BCUT2D eigenvalue weighted by molar-refractivity contribution is 7.54. The van der Waals surface area contributed by atoms with Crippen LogP contribution in [0.25, 0.3) is 11.2 Å². The molecule has 2 atom stereocenters. The van der Waals surface area contributed by atoms with Crippen molar-refractivity contribution in [2.24, 2.45) is 0 Å². The van der Waals surface area contributed by atoms with Crippen LogP contribution in [-0.4, -0.2) is 62.3 Å². The number of carboxylic acids is 1. The second-order valence-electron chi connectivity index (χ2n) is 8.84.